The number of para-hydroxylation sites is 1. The molecule has 0 saturated carbocycles. The third kappa shape index (κ3) is 4.12. The summed E-state index contributed by atoms with van der Waals surface area (Å²) in [6.45, 7) is 3.44. The van der Waals surface area contributed by atoms with Crippen LogP contribution in [0, 0.1) is 0 Å². The molecular weight excluding hydrogens is 360 g/mol. The number of rotatable bonds is 5. The van der Waals surface area contributed by atoms with Gasteiger partial charge in [0.05, 0.1) is 5.39 Å². The van der Waals surface area contributed by atoms with Gasteiger partial charge < -0.3 is 14.6 Å². The van der Waals surface area contributed by atoms with E-state index in [1.54, 1.807) is 24.3 Å². The van der Waals surface area contributed by atoms with Crippen LogP contribution in [0.15, 0.2) is 57.1 Å². The lowest BCUT2D eigenvalue weighted by molar-refractivity contribution is 0.0918. The number of amides is 1. The number of nitrogens with one attached hydrogen (secondary N) is 1. The topological polar surface area (TPSA) is 62.6 Å². The molecule has 3 aromatic rings. The maximum atomic E-state index is 12.3. The molecule has 1 saturated heterocycles. The monoisotopic (exact) mass is 382 g/mol. The molecule has 1 amide bonds. The first-order chi connectivity index (χ1) is 13.2. The predicted molar refractivity (Wildman–Crippen MR) is 108 cm³/mol. The fourth-order valence-corrected chi connectivity index (χ4v) is 4.49. The average Bonchev–Trinajstić information content (AvgIpc) is 3.23. The van der Waals surface area contributed by atoms with Gasteiger partial charge in [0.2, 0.25) is 0 Å². The third-order valence-corrected chi connectivity index (χ3v) is 6.14. The molecule has 1 aliphatic heterocycles. The summed E-state index contributed by atoms with van der Waals surface area (Å²) in [6.07, 6.45) is 2.32. The van der Waals surface area contributed by atoms with E-state index in [-0.39, 0.29) is 17.1 Å². The van der Waals surface area contributed by atoms with Crippen molar-refractivity contribution in [2.75, 3.05) is 26.2 Å². The largest absolute Gasteiger partial charge is 0.451 e. The summed E-state index contributed by atoms with van der Waals surface area (Å²) in [7, 11) is 0. The summed E-state index contributed by atoms with van der Waals surface area (Å²) in [4.78, 5) is 28.3. The fourth-order valence-electron chi connectivity index (χ4n) is 3.60. The zero-order chi connectivity index (χ0) is 18.6. The Bertz CT molecular complexity index is 973. The molecule has 1 N–H and O–H groups in total. The van der Waals surface area contributed by atoms with E-state index in [9.17, 15) is 9.59 Å². The van der Waals surface area contributed by atoms with E-state index in [4.69, 9.17) is 4.42 Å². The second-order valence-electron chi connectivity index (χ2n) is 6.86. The molecule has 0 spiro atoms. The fraction of sp³-hybridized carbons (Fsp3) is 0.333. The van der Waals surface area contributed by atoms with Crippen molar-refractivity contribution in [1.82, 2.24) is 10.2 Å². The van der Waals surface area contributed by atoms with Crippen LogP contribution >= 0.6 is 11.3 Å². The normalized spacial score (nSPS) is 15.9. The number of thiophene rings is 1. The van der Waals surface area contributed by atoms with E-state index in [2.05, 4.69) is 27.7 Å². The Balaban J connectivity index is 1.28. The number of likely N-dealkylation sites (tertiary alicyclic amines) is 1. The van der Waals surface area contributed by atoms with E-state index in [0.717, 1.165) is 32.5 Å². The molecule has 2 aromatic heterocycles. The number of fused-ring (bicyclic) bond motifs is 1. The number of carbonyl (C=O) groups is 1. The second kappa shape index (κ2) is 8.06. The van der Waals surface area contributed by atoms with Gasteiger partial charge in [-0.15, -0.1) is 11.3 Å². The summed E-state index contributed by atoms with van der Waals surface area (Å²) < 4.78 is 5.58. The molecule has 1 aliphatic rings. The zero-order valence-electron chi connectivity index (χ0n) is 15.0. The quantitative estimate of drug-likeness (QED) is 0.734. The second-order valence-corrected chi connectivity index (χ2v) is 7.84. The smallest absolute Gasteiger partial charge is 0.287 e. The van der Waals surface area contributed by atoms with Crippen molar-refractivity contribution in [2.24, 2.45) is 0 Å². The van der Waals surface area contributed by atoms with Gasteiger partial charge in [0.25, 0.3) is 5.91 Å². The standard InChI is InChI=1S/C21H22N2O3S/c24-17-14-19(26-18-5-2-1-4-16(17)18)21(25)22-9-12-23-10-7-15(8-11-23)20-6-3-13-27-20/h1-6,13-15H,7-12H2,(H,22,25). The van der Waals surface area contributed by atoms with Gasteiger partial charge in [-0.05, 0) is 55.4 Å². The number of carbonyl (C=O) groups excluding carboxylic acids is 1. The van der Waals surface area contributed by atoms with Gasteiger partial charge in [-0.1, -0.05) is 18.2 Å². The lowest BCUT2D eigenvalue weighted by Crippen LogP contribution is -2.39. The van der Waals surface area contributed by atoms with Crippen molar-refractivity contribution in [3.8, 4) is 0 Å². The highest BCUT2D eigenvalue weighted by molar-refractivity contribution is 7.10. The number of nitrogens with zero attached hydrogens (tertiary/aromatic N) is 1. The molecular formula is C21H22N2O3S. The molecule has 27 heavy (non-hydrogen) atoms. The highest BCUT2D eigenvalue weighted by atomic mass is 32.1. The Hall–Kier alpha value is -2.44. The third-order valence-electron chi connectivity index (χ3n) is 5.11. The van der Waals surface area contributed by atoms with Crippen LogP contribution in [0.4, 0.5) is 0 Å². The molecule has 3 heterocycles. The van der Waals surface area contributed by atoms with Crippen molar-refractivity contribution in [2.45, 2.75) is 18.8 Å². The number of piperidine rings is 1. The number of hydrogen-bond donors (Lipinski definition) is 1. The van der Waals surface area contributed by atoms with Gasteiger partial charge in [0.1, 0.15) is 5.58 Å². The molecule has 140 valence electrons. The molecule has 0 aliphatic carbocycles. The van der Waals surface area contributed by atoms with Crippen LogP contribution in [0.5, 0.6) is 0 Å². The Kier molecular flexibility index (Phi) is 5.36. The molecule has 1 aromatic carbocycles. The lowest BCUT2D eigenvalue weighted by Gasteiger charge is -2.31. The Labute approximate surface area is 161 Å². The number of benzene rings is 1. The summed E-state index contributed by atoms with van der Waals surface area (Å²) in [6, 6.07) is 12.6. The maximum absolute atomic E-state index is 12.3. The van der Waals surface area contributed by atoms with Crippen molar-refractivity contribution >= 4 is 28.2 Å². The number of hydrogen-bond acceptors (Lipinski definition) is 5. The van der Waals surface area contributed by atoms with Gasteiger partial charge in [0.15, 0.2) is 11.2 Å². The molecule has 0 atom stereocenters. The van der Waals surface area contributed by atoms with Gasteiger partial charge >= 0.3 is 0 Å². The van der Waals surface area contributed by atoms with Crippen LogP contribution in [0.25, 0.3) is 11.0 Å². The first-order valence-corrected chi connectivity index (χ1v) is 10.2. The predicted octanol–water partition coefficient (Wildman–Crippen LogP) is 3.46. The van der Waals surface area contributed by atoms with Crippen molar-refractivity contribution in [3.05, 3.63) is 68.7 Å². The van der Waals surface area contributed by atoms with Gasteiger partial charge in [0, 0.05) is 24.0 Å². The minimum absolute atomic E-state index is 0.0649. The van der Waals surface area contributed by atoms with E-state index in [1.165, 1.54) is 10.9 Å². The first-order valence-electron chi connectivity index (χ1n) is 9.27. The zero-order valence-corrected chi connectivity index (χ0v) is 15.8. The van der Waals surface area contributed by atoms with Gasteiger partial charge in [-0.3, -0.25) is 9.59 Å². The van der Waals surface area contributed by atoms with Crippen LogP contribution in [0.1, 0.15) is 34.2 Å². The Morgan fingerprint density at radius 1 is 1.19 bits per heavy atom. The van der Waals surface area contributed by atoms with E-state index < -0.39 is 0 Å². The molecule has 0 radical (unpaired) electrons. The minimum Gasteiger partial charge on any atom is -0.451 e. The van der Waals surface area contributed by atoms with Gasteiger partial charge in [-0.2, -0.15) is 0 Å². The summed E-state index contributed by atoms with van der Waals surface area (Å²) in [5.74, 6) is 0.393. The molecule has 6 heteroatoms. The van der Waals surface area contributed by atoms with E-state index in [0.29, 0.717) is 23.4 Å². The van der Waals surface area contributed by atoms with Crippen LogP contribution in [-0.2, 0) is 0 Å². The molecule has 5 nitrogen and oxygen atoms in total. The summed E-state index contributed by atoms with van der Waals surface area (Å²) in [5, 5.41) is 5.50. The lowest BCUT2D eigenvalue weighted by atomic mass is 9.95. The Morgan fingerprint density at radius 2 is 2.00 bits per heavy atom. The first kappa shape index (κ1) is 17.9. The molecule has 4 rings (SSSR count). The molecule has 1 fully saturated rings. The van der Waals surface area contributed by atoms with Crippen molar-refractivity contribution < 1.29 is 9.21 Å². The van der Waals surface area contributed by atoms with Crippen LogP contribution < -0.4 is 10.7 Å². The van der Waals surface area contributed by atoms with Gasteiger partial charge in [-0.25, -0.2) is 0 Å². The van der Waals surface area contributed by atoms with E-state index in [1.807, 2.05) is 11.3 Å². The van der Waals surface area contributed by atoms with Crippen molar-refractivity contribution in [1.29, 1.82) is 0 Å². The van der Waals surface area contributed by atoms with E-state index >= 15 is 0 Å². The van der Waals surface area contributed by atoms with Crippen molar-refractivity contribution in [3.63, 3.8) is 0 Å². The average molecular weight is 382 g/mol. The summed E-state index contributed by atoms with van der Waals surface area (Å²) >= 11 is 1.84. The molecule has 0 unspecified atom stereocenters. The van der Waals surface area contributed by atoms with Crippen LogP contribution in [0.2, 0.25) is 0 Å². The Morgan fingerprint density at radius 3 is 2.78 bits per heavy atom. The van der Waals surface area contributed by atoms with Crippen LogP contribution in [0.3, 0.4) is 0 Å². The highest BCUT2D eigenvalue weighted by Crippen LogP contribution is 2.30. The SMILES string of the molecule is O=C(NCCN1CCC(c2cccs2)CC1)c1cc(=O)c2ccccc2o1. The highest BCUT2D eigenvalue weighted by Gasteiger charge is 2.21. The maximum Gasteiger partial charge on any atom is 0.287 e. The summed E-state index contributed by atoms with van der Waals surface area (Å²) in [5.41, 5.74) is 0.239. The molecule has 0 bridgehead atoms. The minimum atomic E-state index is -0.341. The van der Waals surface area contributed by atoms with Crippen LogP contribution in [-0.4, -0.2) is 37.0 Å².